The van der Waals surface area contributed by atoms with Gasteiger partial charge in [0.05, 0.1) is 6.10 Å². The summed E-state index contributed by atoms with van der Waals surface area (Å²) >= 11 is 0. The largest absolute Gasteiger partial charge is 0.458 e. The third-order valence-electron chi connectivity index (χ3n) is 2.37. The summed E-state index contributed by atoms with van der Waals surface area (Å²) in [7, 11) is -5.17. The first-order chi connectivity index (χ1) is 12.0. The highest BCUT2D eigenvalue weighted by atomic mass is 32.3. The maximum atomic E-state index is 13.4. The van der Waals surface area contributed by atoms with Crippen molar-refractivity contribution < 1.29 is 65.8 Å². The van der Waals surface area contributed by atoms with Crippen LogP contribution in [0.2, 0.25) is 0 Å². The van der Waals surface area contributed by atoms with Gasteiger partial charge >= 0.3 is 28.6 Å². The van der Waals surface area contributed by atoms with Crippen LogP contribution in [0.25, 0.3) is 0 Å². The van der Waals surface area contributed by atoms with Gasteiger partial charge in [-0.25, -0.2) is 13.2 Å². The van der Waals surface area contributed by atoms with Crippen LogP contribution in [0.1, 0.15) is 33.1 Å². The van der Waals surface area contributed by atoms with E-state index >= 15 is 0 Å². The van der Waals surface area contributed by atoms with Gasteiger partial charge in [-0.2, -0.15) is 34.8 Å². The van der Waals surface area contributed by atoms with E-state index in [-0.39, 0.29) is 12.8 Å². The molecular weight excluding hydrogens is 434 g/mol. The molecule has 0 spiro atoms. The normalized spacial score (nSPS) is 15.6. The zero-order valence-corrected chi connectivity index (χ0v) is 14.7. The Labute approximate surface area is 148 Å². The molecule has 168 valence electrons. The monoisotopic (exact) mass is 452 g/mol. The van der Waals surface area contributed by atoms with Gasteiger partial charge in [0.15, 0.2) is 6.86 Å². The van der Waals surface area contributed by atoms with E-state index < -0.39 is 48.5 Å². The number of halogens is 10. The lowest BCUT2D eigenvalue weighted by molar-refractivity contribution is -0.469. The Morgan fingerprint density at radius 2 is 1.37 bits per heavy atom. The van der Waals surface area contributed by atoms with Gasteiger partial charge in [-0.1, -0.05) is 24.2 Å². The Bertz CT molecular complexity index is 465. The van der Waals surface area contributed by atoms with Gasteiger partial charge < -0.3 is 9.47 Å². The molecule has 27 heavy (non-hydrogen) atoms. The molecule has 0 aliphatic rings. The van der Waals surface area contributed by atoms with Crippen molar-refractivity contribution in [3.8, 4) is 0 Å². The lowest BCUT2D eigenvalue weighted by atomic mass is 10.1. The summed E-state index contributed by atoms with van der Waals surface area (Å²) in [4.78, 5) is 0. The second-order valence-corrected chi connectivity index (χ2v) is 5.14. The smallest absolute Gasteiger partial charge is 0.312 e. The third-order valence-corrected chi connectivity index (χ3v) is 2.37. The summed E-state index contributed by atoms with van der Waals surface area (Å²) < 4.78 is 149. The predicted molar refractivity (Wildman–Crippen MR) is 71.7 cm³/mol. The van der Waals surface area contributed by atoms with Crippen LogP contribution >= 0.6 is 0 Å². The topological polar surface area (TPSA) is 72.8 Å². The quantitative estimate of drug-likeness (QED) is 0.319. The molecule has 1 N–H and O–H groups in total. The molecule has 0 aromatic rings. The standard InChI is InChI=1S/C10H15F7O2.CH2F2.FHO3S/c1-3-5-7(4-2)19-10(16,17)8(12,18-6-11)9(13,14)15;2-1-3;1-5(2,3)4/h7H,3-6H2,1-2H3;1H2;(H,2,3,4). The van der Waals surface area contributed by atoms with Gasteiger partial charge in [0.2, 0.25) is 6.93 Å². The minimum absolute atomic E-state index is 0.00958. The molecular formula is C11H18F10O5S. The lowest BCUT2D eigenvalue weighted by Crippen LogP contribution is -2.59. The number of hydrogen-bond donors (Lipinski definition) is 1. The molecule has 0 bridgehead atoms. The van der Waals surface area contributed by atoms with E-state index in [9.17, 15) is 43.4 Å². The molecule has 16 heteroatoms. The van der Waals surface area contributed by atoms with Crippen LogP contribution in [0.15, 0.2) is 0 Å². The molecule has 0 aliphatic carbocycles. The van der Waals surface area contributed by atoms with Crippen molar-refractivity contribution in [3.63, 3.8) is 0 Å². The van der Waals surface area contributed by atoms with Crippen LogP contribution in [0.5, 0.6) is 0 Å². The van der Waals surface area contributed by atoms with Crippen molar-refractivity contribution in [2.75, 3.05) is 13.8 Å². The van der Waals surface area contributed by atoms with Crippen LogP contribution < -0.4 is 0 Å². The Kier molecular flexibility index (Phi) is 15.2. The van der Waals surface area contributed by atoms with Crippen LogP contribution in [-0.4, -0.2) is 51.0 Å². The maximum Gasteiger partial charge on any atom is 0.458 e. The summed E-state index contributed by atoms with van der Waals surface area (Å²) in [5.74, 6) is -5.52. The first-order valence-corrected chi connectivity index (χ1v) is 8.11. The average molecular weight is 452 g/mol. The molecule has 0 fully saturated rings. The molecule has 0 saturated carbocycles. The minimum Gasteiger partial charge on any atom is -0.312 e. The first-order valence-electron chi connectivity index (χ1n) is 6.77. The van der Waals surface area contributed by atoms with Crippen LogP contribution in [0, 0.1) is 0 Å². The molecule has 0 heterocycles. The minimum atomic E-state index is -6.13. The van der Waals surface area contributed by atoms with E-state index in [1.165, 1.54) is 6.92 Å². The molecule has 0 amide bonds. The van der Waals surface area contributed by atoms with Crippen molar-refractivity contribution in [2.24, 2.45) is 0 Å². The molecule has 0 saturated heterocycles. The number of alkyl halides is 9. The van der Waals surface area contributed by atoms with Crippen molar-refractivity contribution in [2.45, 2.75) is 57.4 Å². The van der Waals surface area contributed by atoms with Gasteiger partial charge in [0.1, 0.15) is 0 Å². The SMILES string of the molecule is CCCC(CC)OC(F)(F)C(F)(OCF)C(F)(F)F.FCF.O=S(=O)(O)F. The predicted octanol–water partition coefficient (Wildman–Crippen LogP) is 4.99. The zero-order valence-electron chi connectivity index (χ0n) is 13.9. The van der Waals surface area contributed by atoms with E-state index in [0.717, 1.165) is 0 Å². The van der Waals surface area contributed by atoms with Crippen molar-refractivity contribution >= 4 is 10.5 Å². The second-order valence-electron chi connectivity index (χ2n) is 4.31. The highest BCUT2D eigenvalue weighted by molar-refractivity contribution is 7.80. The van der Waals surface area contributed by atoms with Crippen molar-refractivity contribution in [3.05, 3.63) is 0 Å². The van der Waals surface area contributed by atoms with Gasteiger partial charge in [-0.05, 0) is 12.8 Å². The van der Waals surface area contributed by atoms with Crippen LogP contribution in [0.4, 0.5) is 43.4 Å². The number of rotatable bonds is 8. The fourth-order valence-corrected chi connectivity index (χ4v) is 1.36. The van der Waals surface area contributed by atoms with Crippen LogP contribution in [0.3, 0.4) is 0 Å². The molecule has 2 atom stereocenters. The number of ether oxygens (including phenoxy) is 2. The van der Waals surface area contributed by atoms with E-state index in [2.05, 4.69) is 9.47 Å². The molecule has 0 aromatic heterocycles. The average Bonchev–Trinajstić information content (AvgIpc) is 2.44. The zero-order chi connectivity index (χ0) is 22.5. The van der Waals surface area contributed by atoms with Crippen LogP contribution in [-0.2, 0) is 20.0 Å². The lowest BCUT2D eigenvalue weighted by Gasteiger charge is -2.34. The van der Waals surface area contributed by atoms with Gasteiger partial charge in [0.25, 0.3) is 0 Å². The van der Waals surface area contributed by atoms with Gasteiger partial charge in [-0.15, -0.1) is 0 Å². The van der Waals surface area contributed by atoms with E-state index in [4.69, 9.17) is 13.0 Å². The highest BCUT2D eigenvalue weighted by Crippen LogP contribution is 2.47. The summed E-state index contributed by atoms with van der Waals surface area (Å²) in [5.41, 5.74) is 0. The molecule has 2 unspecified atom stereocenters. The van der Waals surface area contributed by atoms with E-state index in [0.29, 0.717) is 6.42 Å². The summed E-state index contributed by atoms with van der Waals surface area (Å²) in [5, 5.41) is 0. The molecule has 0 rings (SSSR count). The first kappa shape index (κ1) is 30.8. The van der Waals surface area contributed by atoms with Crippen molar-refractivity contribution in [1.29, 1.82) is 0 Å². The van der Waals surface area contributed by atoms with E-state index in [1.54, 1.807) is 6.92 Å². The fourth-order valence-electron chi connectivity index (χ4n) is 1.36. The second kappa shape index (κ2) is 13.3. The summed E-state index contributed by atoms with van der Waals surface area (Å²) in [6, 6.07) is 0. The Hall–Kier alpha value is -0.870. The maximum absolute atomic E-state index is 13.4. The summed E-state index contributed by atoms with van der Waals surface area (Å²) in [6.07, 6.45) is -12.5. The highest BCUT2D eigenvalue weighted by Gasteiger charge is 2.75. The Balaban J connectivity index is -0.000000604. The third kappa shape index (κ3) is 13.9. The van der Waals surface area contributed by atoms with E-state index in [1.807, 2.05) is 0 Å². The molecule has 0 aromatic carbocycles. The van der Waals surface area contributed by atoms with Crippen molar-refractivity contribution in [1.82, 2.24) is 0 Å². The molecule has 5 nitrogen and oxygen atoms in total. The van der Waals surface area contributed by atoms with Gasteiger partial charge in [0, 0.05) is 0 Å². The molecule has 0 radical (unpaired) electrons. The number of hydrogen-bond acceptors (Lipinski definition) is 4. The molecule has 0 aliphatic heterocycles. The fraction of sp³-hybridized carbons (Fsp3) is 1.00. The summed E-state index contributed by atoms with van der Waals surface area (Å²) in [6.45, 7) is -1.13. The Morgan fingerprint density at radius 3 is 1.59 bits per heavy atom. The van der Waals surface area contributed by atoms with Gasteiger partial charge in [-0.3, -0.25) is 4.55 Å². The Morgan fingerprint density at radius 1 is 1.00 bits per heavy atom.